The number of carboxylic acids is 1. The molecule has 0 fully saturated rings. The second kappa shape index (κ2) is 5.94. The number of hydrogen-bond acceptors (Lipinski definition) is 5. The van der Waals surface area contributed by atoms with E-state index in [2.05, 4.69) is 15.1 Å². The summed E-state index contributed by atoms with van der Waals surface area (Å²) in [6.45, 7) is -0.564. The molecular weight excluding hydrogens is 322 g/mol. The molecule has 7 heteroatoms. The molecule has 0 saturated carbocycles. The first-order chi connectivity index (χ1) is 12.1. The molecule has 0 atom stereocenters. The van der Waals surface area contributed by atoms with Gasteiger partial charge in [0, 0.05) is 24.0 Å². The molecule has 0 spiro atoms. The van der Waals surface area contributed by atoms with Gasteiger partial charge in [0.1, 0.15) is 11.4 Å². The summed E-state index contributed by atoms with van der Waals surface area (Å²) in [5.41, 5.74) is 4.11. The van der Waals surface area contributed by atoms with Crippen LogP contribution in [0.4, 0.5) is 0 Å². The van der Waals surface area contributed by atoms with Crippen molar-refractivity contribution < 1.29 is 19.5 Å². The van der Waals surface area contributed by atoms with Crippen molar-refractivity contribution in [1.29, 1.82) is 0 Å². The number of aliphatic imine (C=N–C) groups is 2. The topological polar surface area (TPSA) is 101 Å². The van der Waals surface area contributed by atoms with Crippen LogP contribution >= 0.6 is 0 Å². The summed E-state index contributed by atoms with van der Waals surface area (Å²) in [4.78, 5) is 36.7. The standard InChI is InChI=1S/C18H13N3O4/c22-14(23)9-25-21-16-11-6-2-4-8-13(11)19-17(16)15-10-5-1-3-7-12(10)20-18(15)24/h1-6H,7-9H2,(H,22,23)/b17-15+,21-16+. The Labute approximate surface area is 142 Å². The van der Waals surface area contributed by atoms with Gasteiger partial charge in [-0.3, -0.25) is 4.79 Å². The van der Waals surface area contributed by atoms with Gasteiger partial charge >= 0.3 is 5.97 Å². The van der Waals surface area contributed by atoms with Crippen molar-refractivity contribution in [2.75, 3.05) is 6.61 Å². The van der Waals surface area contributed by atoms with E-state index < -0.39 is 12.6 Å². The third-order valence-electron chi connectivity index (χ3n) is 4.07. The molecule has 2 heterocycles. The van der Waals surface area contributed by atoms with Gasteiger partial charge < -0.3 is 9.94 Å². The molecule has 25 heavy (non-hydrogen) atoms. The Balaban J connectivity index is 1.83. The van der Waals surface area contributed by atoms with E-state index in [-0.39, 0.29) is 5.91 Å². The van der Waals surface area contributed by atoms with E-state index in [0.29, 0.717) is 35.5 Å². The largest absolute Gasteiger partial charge is 0.479 e. The zero-order chi connectivity index (χ0) is 17.4. The fraction of sp³-hybridized carbons (Fsp3) is 0.167. The van der Waals surface area contributed by atoms with Gasteiger partial charge in [0.15, 0.2) is 0 Å². The average molecular weight is 335 g/mol. The second-order valence-electron chi connectivity index (χ2n) is 5.68. The van der Waals surface area contributed by atoms with Crippen LogP contribution in [0.25, 0.3) is 0 Å². The van der Waals surface area contributed by atoms with Gasteiger partial charge in [-0.1, -0.05) is 41.6 Å². The van der Waals surface area contributed by atoms with E-state index in [9.17, 15) is 9.59 Å². The summed E-state index contributed by atoms with van der Waals surface area (Å²) in [6, 6.07) is 0. The molecule has 4 rings (SSSR count). The first kappa shape index (κ1) is 15.2. The van der Waals surface area contributed by atoms with E-state index >= 15 is 0 Å². The van der Waals surface area contributed by atoms with Crippen molar-refractivity contribution in [1.82, 2.24) is 0 Å². The molecule has 0 unspecified atom stereocenters. The Morgan fingerprint density at radius 2 is 1.80 bits per heavy atom. The Morgan fingerprint density at radius 3 is 2.52 bits per heavy atom. The summed E-state index contributed by atoms with van der Waals surface area (Å²) in [6.07, 6.45) is 12.5. The fourth-order valence-corrected chi connectivity index (χ4v) is 3.01. The number of fused-ring (bicyclic) bond motifs is 2. The van der Waals surface area contributed by atoms with Crippen LogP contribution in [0.2, 0.25) is 0 Å². The van der Waals surface area contributed by atoms with Crippen LogP contribution in [0.15, 0.2) is 74.0 Å². The fourth-order valence-electron chi connectivity index (χ4n) is 3.01. The van der Waals surface area contributed by atoms with E-state index in [4.69, 9.17) is 9.94 Å². The number of carbonyl (C=O) groups is 2. The number of nitrogens with zero attached hydrogens (tertiary/aromatic N) is 3. The van der Waals surface area contributed by atoms with Gasteiger partial charge in [0.05, 0.1) is 17.0 Å². The molecule has 0 saturated heterocycles. The zero-order valence-corrected chi connectivity index (χ0v) is 13.1. The van der Waals surface area contributed by atoms with E-state index in [0.717, 1.165) is 16.9 Å². The number of hydrogen-bond donors (Lipinski definition) is 1. The molecule has 0 aromatic heterocycles. The Bertz CT molecular complexity index is 939. The van der Waals surface area contributed by atoms with Crippen molar-refractivity contribution in [3.8, 4) is 0 Å². The van der Waals surface area contributed by atoms with Crippen molar-refractivity contribution in [3.05, 3.63) is 58.9 Å². The van der Waals surface area contributed by atoms with Crippen LogP contribution in [0.5, 0.6) is 0 Å². The molecular formula is C18H13N3O4. The molecule has 0 radical (unpaired) electrons. The van der Waals surface area contributed by atoms with Crippen LogP contribution < -0.4 is 0 Å². The van der Waals surface area contributed by atoms with Gasteiger partial charge in [-0.2, -0.15) is 0 Å². The van der Waals surface area contributed by atoms with Crippen molar-refractivity contribution in [2.24, 2.45) is 15.1 Å². The predicted octanol–water partition coefficient (Wildman–Crippen LogP) is 1.91. The van der Waals surface area contributed by atoms with Crippen LogP contribution in [0, 0.1) is 0 Å². The molecule has 0 bridgehead atoms. The smallest absolute Gasteiger partial charge is 0.344 e. The molecule has 1 amide bonds. The first-order valence-corrected chi connectivity index (χ1v) is 7.76. The molecule has 7 nitrogen and oxygen atoms in total. The minimum absolute atomic E-state index is 0.359. The minimum Gasteiger partial charge on any atom is -0.479 e. The van der Waals surface area contributed by atoms with Crippen molar-refractivity contribution in [2.45, 2.75) is 12.8 Å². The second-order valence-corrected chi connectivity index (χ2v) is 5.68. The minimum atomic E-state index is -1.13. The molecule has 0 aromatic rings. The van der Waals surface area contributed by atoms with Gasteiger partial charge in [-0.15, -0.1) is 0 Å². The average Bonchev–Trinajstić information content (AvgIpc) is 3.11. The first-order valence-electron chi connectivity index (χ1n) is 7.76. The highest BCUT2D eigenvalue weighted by Crippen LogP contribution is 2.35. The monoisotopic (exact) mass is 335 g/mol. The molecule has 0 aromatic carbocycles. The van der Waals surface area contributed by atoms with E-state index in [1.54, 1.807) is 0 Å². The van der Waals surface area contributed by atoms with Gasteiger partial charge in [-0.05, 0) is 0 Å². The summed E-state index contributed by atoms with van der Waals surface area (Å²) in [5, 5.41) is 12.7. The maximum atomic E-state index is 12.5. The van der Waals surface area contributed by atoms with Crippen LogP contribution in [-0.4, -0.2) is 40.7 Å². The van der Waals surface area contributed by atoms with Gasteiger partial charge in [-0.25, -0.2) is 14.8 Å². The quantitative estimate of drug-likeness (QED) is 0.629. The van der Waals surface area contributed by atoms with Crippen LogP contribution in [0.1, 0.15) is 12.8 Å². The van der Waals surface area contributed by atoms with Crippen molar-refractivity contribution in [3.63, 3.8) is 0 Å². The Morgan fingerprint density at radius 1 is 1.12 bits per heavy atom. The number of oxime groups is 1. The summed E-state index contributed by atoms with van der Waals surface area (Å²) < 4.78 is 0. The maximum absolute atomic E-state index is 12.5. The highest BCUT2D eigenvalue weighted by Gasteiger charge is 2.36. The zero-order valence-electron chi connectivity index (χ0n) is 13.1. The number of carbonyl (C=O) groups excluding carboxylic acids is 1. The summed E-state index contributed by atoms with van der Waals surface area (Å²) in [7, 11) is 0. The molecule has 4 aliphatic rings. The Hall–Kier alpha value is -3.35. The number of carboxylic acid groups (broad SMARTS) is 1. The lowest BCUT2D eigenvalue weighted by Gasteiger charge is -2.08. The normalized spacial score (nSPS) is 25.3. The number of amides is 1. The number of rotatable bonds is 3. The maximum Gasteiger partial charge on any atom is 0.344 e. The van der Waals surface area contributed by atoms with Crippen LogP contribution in [0.3, 0.4) is 0 Å². The third kappa shape index (κ3) is 2.59. The van der Waals surface area contributed by atoms with E-state index in [1.807, 2.05) is 36.5 Å². The lowest BCUT2D eigenvalue weighted by Crippen LogP contribution is -2.13. The molecule has 124 valence electrons. The lowest BCUT2D eigenvalue weighted by molar-refractivity contribution is -0.142. The van der Waals surface area contributed by atoms with Crippen molar-refractivity contribution >= 4 is 29.0 Å². The van der Waals surface area contributed by atoms with Gasteiger partial charge in [0.25, 0.3) is 5.91 Å². The molecule has 2 aliphatic heterocycles. The number of aliphatic carboxylic acids is 1. The molecule has 1 N–H and O–H groups in total. The van der Waals surface area contributed by atoms with Crippen LogP contribution in [-0.2, 0) is 14.4 Å². The lowest BCUT2D eigenvalue weighted by atomic mass is 9.93. The third-order valence-corrected chi connectivity index (χ3v) is 4.07. The predicted molar refractivity (Wildman–Crippen MR) is 91.6 cm³/mol. The Kier molecular flexibility index (Phi) is 3.61. The summed E-state index contributed by atoms with van der Waals surface area (Å²) >= 11 is 0. The number of allylic oxidation sites excluding steroid dienone is 7. The SMILES string of the molecule is O=C(O)CO/N=C1\C2=CC=CCC2=N\C1=C1\C(=O)N=C2CC=CC=C21. The highest BCUT2D eigenvalue weighted by molar-refractivity contribution is 6.39. The van der Waals surface area contributed by atoms with E-state index in [1.165, 1.54) is 0 Å². The highest BCUT2D eigenvalue weighted by atomic mass is 16.6. The molecule has 2 aliphatic carbocycles. The van der Waals surface area contributed by atoms with Gasteiger partial charge in [0.2, 0.25) is 6.61 Å². The summed E-state index contributed by atoms with van der Waals surface area (Å²) in [5.74, 6) is -1.49.